The standard InChI is InChI=1S/C30H40O6/c1-29(2,3)36-26(31)19-23(18-22-13-15-25(16-14-22)24-10-6-5-7-11-24)20-30(4,28(32)33)21-35-27-12-8-9-17-34-27/h5-7,10-11,13-16,23,27H,8-9,12,17-21H2,1-4H3,(H,32,33)/t23-,27?,30-/m0/s1. The van der Waals surface area contributed by atoms with Crippen molar-refractivity contribution in [2.75, 3.05) is 13.2 Å². The van der Waals surface area contributed by atoms with Gasteiger partial charge >= 0.3 is 11.9 Å². The van der Waals surface area contributed by atoms with Crippen LogP contribution >= 0.6 is 0 Å². The number of esters is 1. The molecule has 0 spiro atoms. The van der Waals surface area contributed by atoms with E-state index in [2.05, 4.69) is 36.4 Å². The maximum atomic E-state index is 12.7. The fourth-order valence-corrected chi connectivity index (χ4v) is 4.60. The monoisotopic (exact) mass is 496 g/mol. The van der Waals surface area contributed by atoms with Gasteiger partial charge in [-0.25, -0.2) is 0 Å². The van der Waals surface area contributed by atoms with Gasteiger partial charge in [-0.3, -0.25) is 9.59 Å². The molecule has 1 unspecified atom stereocenters. The van der Waals surface area contributed by atoms with Gasteiger partial charge in [0.15, 0.2) is 6.29 Å². The van der Waals surface area contributed by atoms with Gasteiger partial charge in [0.1, 0.15) is 5.60 Å². The van der Waals surface area contributed by atoms with Gasteiger partial charge in [0, 0.05) is 13.0 Å². The third kappa shape index (κ3) is 8.75. The summed E-state index contributed by atoms with van der Waals surface area (Å²) in [5.74, 6) is -1.48. The second kappa shape index (κ2) is 12.5. The van der Waals surface area contributed by atoms with Crippen LogP contribution in [0.25, 0.3) is 11.1 Å². The second-order valence-corrected chi connectivity index (χ2v) is 11.1. The predicted octanol–water partition coefficient (Wildman–Crippen LogP) is 6.27. The first-order valence-corrected chi connectivity index (χ1v) is 12.9. The molecule has 0 radical (unpaired) electrons. The van der Waals surface area contributed by atoms with Gasteiger partial charge in [-0.15, -0.1) is 0 Å². The lowest BCUT2D eigenvalue weighted by atomic mass is 9.78. The van der Waals surface area contributed by atoms with Crippen molar-refractivity contribution in [2.24, 2.45) is 11.3 Å². The molecule has 6 nitrogen and oxygen atoms in total. The number of hydrogen-bond acceptors (Lipinski definition) is 5. The number of rotatable bonds is 11. The molecule has 1 N–H and O–H groups in total. The highest BCUT2D eigenvalue weighted by molar-refractivity contribution is 5.75. The normalized spacial score (nSPS) is 18.7. The van der Waals surface area contributed by atoms with Gasteiger partial charge in [-0.2, -0.15) is 0 Å². The van der Waals surface area contributed by atoms with Crippen molar-refractivity contribution in [1.29, 1.82) is 0 Å². The molecule has 1 aliphatic heterocycles. The van der Waals surface area contributed by atoms with Gasteiger partial charge in [0.05, 0.1) is 12.0 Å². The van der Waals surface area contributed by atoms with Gasteiger partial charge < -0.3 is 19.3 Å². The molecule has 1 heterocycles. The smallest absolute Gasteiger partial charge is 0.311 e. The summed E-state index contributed by atoms with van der Waals surface area (Å²) in [6.07, 6.45) is 3.40. The quantitative estimate of drug-likeness (QED) is 0.369. The Bertz CT molecular complexity index is 973. The summed E-state index contributed by atoms with van der Waals surface area (Å²) < 4.78 is 17.1. The second-order valence-electron chi connectivity index (χ2n) is 11.1. The van der Waals surface area contributed by atoms with Gasteiger partial charge in [-0.1, -0.05) is 54.6 Å². The van der Waals surface area contributed by atoms with Crippen LogP contribution in [0.2, 0.25) is 0 Å². The van der Waals surface area contributed by atoms with Crippen molar-refractivity contribution in [2.45, 2.75) is 78.1 Å². The van der Waals surface area contributed by atoms with Crippen LogP contribution < -0.4 is 0 Å². The van der Waals surface area contributed by atoms with E-state index in [1.165, 1.54) is 0 Å². The Kier molecular flexibility index (Phi) is 9.69. The molecule has 0 aromatic heterocycles. The third-order valence-electron chi connectivity index (χ3n) is 6.44. The van der Waals surface area contributed by atoms with Crippen LogP contribution in [-0.4, -0.2) is 42.1 Å². The Labute approximate surface area is 215 Å². The Morgan fingerprint density at radius 3 is 2.25 bits per heavy atom. The molecule has 3 atom stereocenters. The highest BCUT2D eigenvalue weighted by atomic mass is 16.7. The number of carboxylic acids is 1. The zero-order valence-corrected chi connectivity index (χ0v) is 22.0. The third-order valence-corrected chi connectivity index (χ3v) is 6.44. The number of aliphatic carboxylic acids is 1. The molecule has 1 saturated heterocycles. The van der Waals surface area contributed by atoms with Crippen LogP contribution in [0, 0.1) is 11.3 Å². The van der Waals surface area contributed by atoms with E-state index < -0.39 is 17.0 Å². The lowest BCUT2D eigenvalue weighted by molar-refractivity contribution is -0.188. The maximum Gasteiger partial charge on any atom is 0.311 e. The van der Waals surface area contributed by atoms with Crippen molar-refractivity contribution in [3.05, 3.63) is 60.2 Å². The molecule has 0 bridgehead atoms. The highest BCUT2D eigenvalue weighted by Crippen LogP contribution is 2.33. The molecule has 6 heteroatoms. The van der Waals surface area contributed by atoms with Crippen molar-refractivity contribution in [3.63, 3.8) is 0 Å². The molecular weight excluding hydrogens is 456 g/mol. The van der Waals surface area contributed by atoms with E-state index in [4.69, 9.17) is 14.2 Å². The van der Waals surface area contributed by atoms with Crippen LogP contribution in [0.5, 0.6) is 0 Å². The largest absolute Gasteiger partial charge is 0.481 e. The molecule has 1 fully saturated rings. The molecule has 0 saturated carbocycles. The van der Waals surface area contributed by atoms with Crippen LogP contribution in [0.3, 0.4) is 0 Å². The average Bonchev–Trinajstić information content (AvgIpc) is 2.83. The van der Waals surface area contributed by atoms with Gasteiger partial charge in [0.2, 0.25) is 0 Å². The Hall–Kier alpha value is -2.70. The lowest BCUT2D eigenvalue weighted by Gasteiger charge is -2.32. The minimum atomic E-state index is -1.16. The molecule has 0 amide bonds. The predicted molar refractivity (Wildman–Crippen MR) is 139 cm³/mol. The summed E-state index contributed by atoms with van der Waals surface area (Å²) in [4.78, 5) is 25.1. The van der Waals surface area contributed by atoms with Gasteiger partial charge in [0.25, 0.3) is 0 Å². The number of carbonyl (C=O) groups excluding carboxylic acids is 1. The summed E-state index contributed by atoms with van der Waals surface area (Å²) in [6.45, 7) is 7.86. The van der Waals surface area contributed by atoms with E-state index in [1.54, 1.807) is 6.92 Å². The molecular formula is C30H40O6. The van der Waals surface area contributed by atoms with E-state index >= 15 is 0 Å². The molecule has 196 valence electrons. The molecule has 2 aromatic carbocycles. The highest BCUT2D eigenvalue weighted by Gasteiger charge is 2.38. The minimum absolute atomic E-state index is 0.0325. The van der Waals surface area contributed by atoms with Crippen molar-refractivity contribution < 1.29 is 28.9 Å². The first-order chi connectivity index (χ1) is 17.0. The topological polar surface area (TPSA) is 82.1 Å². The number of carbonyl (C=O) groups is 2. The Morgan fingerprint density at radius 1 is 1.00 bits per heavy atom. The summed E-state index contributed by atoms with van der Waals surface area (Å²) in [7, 11) is 0. The van der Waals surface area contributed by atoms with Crippen LogP contribution in [0.1, 0.15) is 65.4 Å². The maximum absolute atomic E-state index is 12.7. The lowest BCUT2D eigenvalue weighted by Crippen LogP contribution is -2.38. The SMILES string of the molecule is CC(C)(C)OC(=O)C[C@H](Cc1ccc(-c2ccccc2)cc1)C[C@@](C)(COC1CCCCO1)C(=O)O. The van der Waals surface area contributed by atoms with Crippen LogP contribution in [-0.2, 0) is 30.2 Å². The first-order valence-electron chi connectivity index (χ1n) is 12.9. The van der Waals surface area contributed by atoms with E-state index in [0.29, 0.717) is 13.0 Å². The zero-order valence-electron chi connectivity index (χ0n) is 22.0. The van der Waals surface area contributed by atoms with E-state index in [0.717, 1.165) is 36.0 Å². The summed E-state index contributed by atoms with van der Waals surface area (Å²) in [6, 6.07) is 18.4. The molecule has 2 aromatic rings. The fraction of sp³-hybridized carbons (Fsp3) is 0.533. The summed E-state index contributed by atoms with van der Waals surface area (Å²) >= 11 is 0. The summed E-state index contributed by atoms with van der Waals surface area (Å²) in [5, 5.41) is 10.1. The minimum Gasteiger partial charge on any atom is -0.481 e. The van der Waals surface area contributed by atoms with Crippen LogP contribution in [0.15, 0.2) is 54.6 Å². The van der Waals surface area contributed by atoms with E-state index in [-0.39, 0.29) is 37.6 Å². The Balaban J connectivity index is 1.74. The van der Waals surface area contributed by atoms with E-state index in [9.17, 15) is 14.7 Å². The van der Waals surface area contributed by atoms with Crippen molar-refractivity contribution in [3.8, 4) is 11.1 Å². The number of ether oxygens (including phenoxy) is 3. The molecule has 1 aliphatic rings. The number of hydrogen-bond donors (Lipinski definition) is 1. The number of carboxylic acid groups (broad SMARTS) is 1. The van der Waals surface area contributed by atoms with Gasteiger partial charge in [-0.05, 0) is 82.4 Å². The first kappa shape index (κ1) is 27.9. The van der Waals surface area contributed by atoms with Crippen molar-refractivity contribution >= 4 is 11.9 Å². The fourth-order valence-electron chi connectivity index (χ4n) is 4.60. The van der Waals surface area contributed by atoms with Crippen molar-refractivity contribution in [1.82, 2.24) is 0 Å². The number of benzene rings is 2. The van der Waals surface area contributed by atoms with Crippen LogP contribution in [0.4, 0.5) is 0 Å². The molecule has 36 heavy (non-hydrogen) atoms. The van der Waals surface area contributed by atoms with E-state index in [1.807, 2.05) is 39.0 Å². The molecule has 3 rings (SSSR count). The average molecular weight is 497 g/mol. The zero-order chi connectivity index (χ0) is 26.2. The molecule has 0 aliphatic carbocycles. The Morgan fingerprint density at radius 2 is 1.67 bits per heavy atom. The summed E-state index contributed by atoms with van der Waals surface area (Å²) in [5.41, 5.74) is 1.54.